The van der Waals surface area contributed by atoms with E-state index in [0.29, 0.717) is 23.6 Å². The molecule has 1 N–H and O–H groups in total. The second-order valence-electron chi connectivity index (χ2n) is 5.65. The van der Waals surface area contributed by atoms with Crippen LogP contribution >= 0.6 is 11.8 Å². The van der Waals surface area contributed by atoms with E-state index in [9.17, 15) is 4.79 Å². The summed E-state index contributed by atoms with van der Waals surface area (Å²) >= 11 is 1.53. The molecule has 3 rings (SSSR count). The molecular formula is C20H17N3O2S. The van der Waals surface area contributed by atoms with Gasteiger partial charge >= 0.3 is 0 Å². The Morgan fingerprint density at radius 3 is 2.77 bits per heavy atom. The lowest BCUT2D eigenvalue weighted by Gasteiger charge is -2.08. The molecule has 3 aromatic rings. The molecule has 0 aliphatic heterocycles. The first-order chi connectivity index (χ1) is 12.7. The fraction of sp³-hybridized carbons (Fsp3) is 0.150. The van der Waals surface area contributed by atoms with Crippen LogP contribution in [0.1, 0.15) is 22.5 Å². The van der Waals surface area contributed by atoms with E-state index >= 15 is 0 Å². The van der Waals surface area contributed by atoms with Gasteiger partial charge in [0.05, 0.1) is 11.8 Å². The van der Waals surface area contributed by atoms with Crippen molar-refractivity contribution >= 4 is 23.4 Å². The van der Waals surface area contributed by atoms with Gasteiger partial charge in [0.2, 0.25) is 0 Å². The Balaban J connectivity index is 1.73. The van der Waals surface area contributed by atoms with E-state index in [1.807, 2.05) is 55.5 Å². The molecule has 130 valence electrons. The van der Waals surface area contributed by atoms with E-state index in [2.05, 4.69) is 16.5 Å². The highest BCUT2D eigenvalue weighted by molar-refractivity contribution is 7.99. The third kappa shape index (κ3) is 4.32. The summed E-state index contributed by atoms with van der Waals surface area (Å²) in [7, 11) is 0. The van der Waals surface area contributed by atoms with Crippen LogP contribution in [0.2, 0.25) is 0 Å². The molecule has 0 spiro atoms. The molecule has 0 saturated carbocycles. The number of rotatable bonds is 6. The number of carbonyl (C=O) groups is 1. The summed E-state index contributed by atoms with van der Waals surface area (Å²) in [5.74, 6) is 0.887. The van der Waals surface area contributed by atoms with Gasteiger partial charge in [-0.2, -0.15) is 5.26 Å². The number of anilines is 1. The fourth-order valence-electron chi connectivity index (χ4n) is 2.32. The third-order valence-corrected chi connectivity index (χ3v) is 4.76. The Morgan fingerprint density at radius 1 is 1.23 bits per heavy atom. The molecule has 1 heterocycles. The number of para-hydroxylation sites is 1. The number of benzene rings is 2. The second-order valence-corrected chi connectivity index (χ2v) is 6.79. The average molecular weight is 363 g/mol. The molecule has 2 aromatic carbocycles. The minimum absolute atomic E-state index is 0.220. The maximum atomic E-state index is 12.5. The van der Waals surface area contributed by atoms with E-state index in [-0.39, 0.29) is 11.6 Å². The Hall–Kier alpha value is -3.04. The Bertz CT molecular complexity index is 942. The number of carbonyl (C=O) groups excluding carboxylic acids is 1. The van der Waals surface area contributed by atoms with Crippen molar-refractivity contribution in [3.63, 3.8) is 0 Å². The van der Waals surface area contributed by atoms with Gasteiger partial charge in [-0.3, -0.25) is 4.79 Å². The molecule has 0 aliphatic carbocycles. The quantitative estimate of drug-likeness (QED) is 0.497. The van der Waals surface area contributed by atoms with Gasteiger partial charge in [0, 0.05) is 28.7 Å². The molecule has 0 saturated heterocycles. The van der Waals surface area contributed by atoms with Crippen molar-refractivity contribution < 1.29 is 9.32 Å². The molecule has 0 atom stereocenters. The number of nitriles is 1. The molecule has 0 aliphatic rings. The highest BCUT2D eigenvalue weighted by Crippen LogP contribution is 2.28. The van der Waals surface area contributed by atoms with E-state index in [1.165, 1.54) is 11.8 Å². The smallest absolute Gasteiger partial charge is 0.277 e. The van der Waals surface area contributed by atoms with E-state index in [1.54, 1.807) is 6.07 Å². The van der Waals surface area contributed by atoms with Gasteiger partial charge in [-0.1, -0.05) is 47.1 Å². The van der Waals surface area contributed by atoms with Gasteiger partial charge in [-0.05, 0) is 19.1 Å². The number of thioether (sulfide) groups is 1. The number of hydrogen-bond donors (Lipinski definition) is 1. The van der Waals surface area contributed by atoms with Gasteiger partial charge in [0.25, 0.3) is 5.91 Å². The lowest BCUT2D eigenvalue weighted by molar-refractivity contribution is 0.101. The molecular weight excluding hydrogens is 346 g/mol. The zero-order valence-electron chi connectivity index (χ0n) is 14.2. The first-order valence-electron chi connectivity index (χ1n) is 8.11. The van der Waals surface area contributed by atoms with Gasteiger partial charge in [0.1, 0.15) is 0 Å². The van der Waals surface area contributed by atoms with E-state index in [4.69, 9.17) is 9.78 Å². The van der Waals surface area contributed by atoms with Crippen molar-refractivity contribution in [2.45, 2.75) is 18.2 Å². The third-order valence-electron chi connectivity index (χ3n) is 3.69. The van der Waals surface area contributed by atoms with Crippen molar-refractivity contribution in [3.05, 3.63) is 65.9 Å². The van der Waals surface area contributed by atoms with E-state index < -0.39 is 0 Å². The summed E-state index contributed by atoms with van der Waals surface area (Å²) in [4.78, 5) is 13.4. The standard InChI is InChI=1S/C20H17N3O2S/c1-14-7-9-15(10-8-14)18-13-17(23-25-18)20(24)22-16-5-2-3-6-19(16)26-12-4-11-21/h2-3,5-10,13H,4,12H2,1H3,(H,22,24). The van der Waals surface area contributed by atoms with Gasteiger partial charge in [-0.15, -0.1) is 11.8 Å². The van der Waals surface area contributed by atoms with Crippen LogP contribution in [-0.2, 0) is 0 Å². The SMILES string of the molecule is Cc1ccc(-c2cc(C(=O)Nc3ccccc3SCCC#N)no2)cc1. The van der Waals surface area contributed by atoms with Gasteiger partial charge in [0.15, 0.2) is 11.5 Å². The van der Waals surface area contributed by atoms with Crippen molar-refractivity contribution in [2.75, 3.05) is 11.1 Å². The van der Waals surface area contributed by atoms with Crippen molar-refractivity contribution in [2.24, 2.45) is 0 Å². The molecule has 0 radical (unpaired) electrons. The minimum atomic E-state index is -0.333. The molecule has 1 aromatic heterocycles. The molecule has 0 bridgehead atoms. The number of aromatic nitrogens is 1. The molecule has 6 heteroatoms. The number of amides is 1. The predicted molar refractivity (Wildman–Crippen MR) is 102 cm³/mol. The summed E-state index contributed by atoms with van der Waals surface area (Å²) in [5, 5.41) is 15.4. The minimum Gasteiger partial charge on any atom is -0.355 e. The fourth-order valence-corrected chi connectivity index (χ4v) is 3.19. The molecule has 26 heavy (non-hydrogen) atoms. The first kappa shape index (κ1) is 17.8. The first-order valence-corrected chi connectivity index (χ1v) is 9.10. The van der Waals surface area contributed by atoms with Gasteiger partial charge < -0.3 is 9.84 Å². The number of hydrogen-bond acceptors (Lipinski definition) is 5. The van der Waals surface area contributed by atoms with Gasteiger partial charge in [-0.25, -0.2) is 0 Å². The zero-order chi connectivity index (χ0) is 18.4. The lowest BCUT2D eigenvalue weighted by Crippen LogP contribution is -2.12. The van der Waals surface area contributed by atoms with Crippen LogP contribution in [0.3, 0.4) is 0 Å². The number of nitrogens with one attached hydrogen (secondary N) is 1. The average Bonchev–Trinajstić information content (AvgIpc) is 3.14. The highest BCUT2D eigenvalue weighted by atomic mass is 32.2. The van der Waals surface area contributed by atoms with Crippen LogP contribution in [0.4, 0.5) is 5.69 Å². The molecule has 5 nitrogen and oxygen atoms in total. The second kappa shape index (κ2) is 8.37. The Kier molecular flexibility index (Phi) is 5.72. The van der Waals surface area contributed by atoms with Crippen LogP contribution < -0.4 is 5.32 Å². The largest absolute Gasteiger partial charge is 0.355 e. The predicted octanol–water partition coefficient (Wildman–Crippen LogP) is 4.91. The number of nitrogens with zero attached hydrogens (tertiary/aromatic N) is 2. The topological polar surface area (TPSA) is 78.9 Å². The van der Waals surface area contributed by atoms with Crippen molar-refractivity contribution in [1.29, 1.82) is 5.26 Å². The van der Waals surface area contributed by atoms with Crippen LogP contribution in [0.15, 0.2) is 64.0 Å². The highest BCUT2D eigenvalue weighted by Gasteiger charge is 2.15. The maximum absolute atomic E-state index is 12.5. The normalized spacial score (nSPS) is 10.3. The van der Waals surface area contributed by atoms with Crippen LogP contribution in [0.5, 0.6) is 0 Å². The maximum Gasteiger partial charge on any atom is 0.277 e. The molecule has 0 fully saturated rings. The Labute approximate surface area is 156 Å². The number of aryl methyl sites for hydroxylation is 1. The summed E-state index contributed by atoms with van der Waals surface area (Å²) in [6, 6.07) is 19.1. The lowest BCUT2D eigenvalue weighted by atomic mass is 10.1. The van der Waals surface area contributed by atoms with Crippen molar-refractivity contribution in [3.8, 4) is 17.4 Å². The summed E-state index contributed by atoms with van der Waals surface area (Å²) < 4.78 is 5.31. The molecule has 1 amide bonds. The van der Waals surface area contributed by atoms with Crippen LogP contribution in [-0.4, -0.2) is 16.8 Å². The molecule has 0 unspecified atom stereocenters. The van der Waals surface area contributed by atoms with Crippen LogP contribution in [0.25, 0.3) is 11.3 Å². The summed E-state index contributed by atoms with van der Waals surface area (Å²) in [6.07, 6.45) is 0.455. The van der Waals surface area contributed by atoms with Crippen LogP contribution in [0, 0.1) is 18.3 Å². The summed E-state index contributed by atoms with van der Waals surface area (Å²) in [5.41, 5.74) is 2.93. The van der Waals surface area contributed by atoms with Crippen molar-refractivity contribution in [1.82, 2.24) is 5.16 Å². The Morgan fingerprint density at radius 2 is 2.00 bits per heavy atom. The monoisotopic (exact) mass is 363 g/mol. The zero-order valence-corrected chi connectivity index (χ0v) is 15.0. The van der Waals surface area contributed by atoms with E-state index in [0.717, 1.165) is 16.0 Å². The summed E-state index contributed by atoms with van der Waals surface area (Å²) in [6.45, 7) is 2.01.